The molecule has 0 saturated heterocycles. The molecule has 1 aromatic heterocycles. The molecule has 0 fully saturated rings. The fourth-order valence-corrected chi connectivity index (χ4v) is 6.41. The van der Waals surface area contributed by atoms with E-state index in [1.807, 2.05) is 13.0 Å². The molecule has 168 valence electrons. The molecular weight excluding hydrogens is 496 g/mol. The second kappa shape index (κ2) is 7.93. The summed E-state index contributed by atoms with van der Waals surface area (Å²) >= 11 is 3.36. The van der Waals surface area contributed by atoms with Crippen LogP contribution >= 0.6 is 15.9 Å². The van der Waals surface area contributed by atoms with E-state index in [-0.39, 0.29) is 22.5 Å². The van der Waals surface area contributed by atoms with E-state index in [0.29, 0.717) is 28.0 Å². The first kappa shape index (κ1) is 22.3. The van der Waals surface area contributed by atoms with Gasteiger partial charge in [-0.3, -0.25) is 19.0 Å². The number of sulfonamides is 1. The van der Waals surface area contributed by atoms with Crippen LogP contribution in [0.5, 0.6) is 0 Å². The number of hydrogen-bond acceptors (Lipinski definition) is 4. The lowest BCUT2D eigenvalue weighted by Crippen LogP contribution is -2.33. The Labute approximate surface area is 194 Å². The highest BCUT2D eigenvalue weighted by atomic mass is 79.9. The topological polar surface area (TPSA) is 93.4 Å². The fraction of sp³-hybridized carbons (Fsp3) is 0.273. The summed E-state index contributed by atoms with van der Waals surface area (Å²) in [5.41, 5.74) is 2.05. The zero-order valence-electron chi connectivity index (χ0n) is 18.1. The Balaban J connectivity index is 1.79. The van der Waals surface area contributed by atoms with Crippen molar-refractivity contribution in [2.45, 2.75) is 38.1 Å². The van der Waals surface area contributed by atoms with Gasteiger partial charge in [-0.15, -0.1) is 0 Å². The van der Waals surface area contributed by atoms with Gasteiger partial charge in [0, 0.05) is 30.2 Å². The number of halogens is 1. The molecule has 0 bridgehead atoms. The predicted molar refractivity (Wildman–Crippen MR) is 127 cm³/mol. The number of fused-ring (bicyclic) bond motifs is 1. The largest absolute Gasteiger partial charge is 0.309 e. The number of benzene rings is 2. The SMILES string of the molecule is CC(=O)N1c2cc(S(=O)(=O)Nc3c(C)n(C)n(-c4ccccc4)c3=O)c(Br)cc2C[C@@H]1C. The van der Waals surface area contributed by atoms with Crippen LogP contribution in [0.3, 0.4) is 0 Å². The van der Waals surface area contributed by atoms with Crippen LogP contribution in [-0.2, 0) is 28.3 Å². The number of aromatic nitrogens is 2. The van der Waals surface area contributed by atoms with Gasteiger partial charge in [0.1, 0.15) is 10.6 Å². The highest BCUT2D eigenvalue weighted by Crippen LogP contribution is 2.38. The maximum Gasteiger partial charge on any atom is 0.296 e. The average Bonchev–Trinajstić information content (AvgIpc) is 3.15. The Morgan fingerprint density at radius 2 is 1.84 bits per heavy atom. The summed E-state index contributed by atoms with van der Waals surface area (Å²) in [6.45, 7) is 5.05. The summed E-state index contributed by atoms with van der Waals surface area (Å²) in [4.78, 5) is 26.8. The second-order valence-electron chi connectivity index (χ2n) is 7.90. The zero-order chi connectivity index (χ0) is 23.4. The Hall–Kier alpha value is -2.85. The quantitative estimate of drug-likeness (QED) is 0.572. The van der Waals surface area contributed by atoms with Gasteiger partial charge in [-0.2, -0.15) is 0 Å². The maximum atomic E-state index is 13.3. The van der Waals surface area contributed by atoms with Gasteiger partial charge < -0.3 is 4.90 Å². The third-order valence-corrected chi connectivity index (χ3v) is 8.08. The van der Waals surface area contributed by atoms with Crippen LogP contribution in [-0.4, -0.2) is 29.7 Å². The van der Waals surface area contributed by atoms with Crippen molar-refractivity contribution in [3.8, 4) is 5.69 Å². The molecule has 32 heavy (non-hydrogen) atoms. The van der Waals surface area contributed by atoms with Gasteiger partial charge >= 0.3 is 0 Å². The van der Waals surface area contributed by atoms with E-state index < -0.39 is 15.6 Å². The first-order chi connectivity index (χ1) is 15.0. The third-order valence-electron chi connectivity index (χ3n) is 5.77. The van der Waals surface area contributed by atoms with Crippen LogP contribution in [0.25, 0.3) is 5.69 Å². The van der Waals surface area contributed by atoms with Crippen LogP contribution in [0.2, 0.25) is 0 Å². The molecule has 0 saturated carbocycles. The number of nitrogens with zero attached hydrogens (tertiary/aromatic N) is 3. The minimum Gasteiger partial charge on any atom is -0.309 e. The molecule has 2 aromatic carbocycles. The second-order valence-corrected chi connectivity index (χ2v) is 10.4. The zero-order valence-corrected chi connectivity index (χ0v) is 20.5. The van der Waals surface area contributed by atoms with Crippen molar-refractivity contribution in [1.29, 1.82) is 0 Å². The molecule has 1 amide bonds. The average molecular weight is 519 g/mol. The van der Waals surface area contributed by atoms with Crippen LogP contribution in [0.4, 0.5) is 11.4 Å². The first-order valence-electron chi connectivity index (χ1n) is 10.0. The molecule has 0 spiro atoms. The monoisotopic (exact) mass is 518 g/mol. The molecule has 1 aliphatic heterocycles. The molecule has 0 radical (unpaired) electrons. The molecular formula is C22H23BrN4O4S. The number of amides is 1. The number of carbonyl (C=O) groups excluding carboxylic acids is 1. The van der Waals surface area contributed by atoms with E-state index in [4.69, 9.17) is 0 Å². The van der Waals surface area contributed by atoms with Gasteiger partial charge in [-0.1, -0.05) is 18.2 Å². The number of para-hydroxylation sites is 1. The van der Waals surface area contributed by atoms with E-state index in [0.717, 1.165) is 5.56 Å². The van der Waals surface area contributed by atoms with Crippen molar-refractivity contribution in [3.05, 3.63) is 68.5 Å². The highest BCUT2D eigenvalue weighted by molar-refractivity contribution is 9.10. The molecule has 2 heterocycles. The lowest BCUT2D eigenvalue weighted by atomic mass is 10.1. The number of nitrogens with one attached hydrogen (secondary N) is 1. The Bertz CT molecular complexity index is 1390. The molecule has 4 rings (SSSR count). The Morgan fingerprint density at radius 3 is 2.47 bits per heavy atom. The molecule has 3 aromatic rings. The number of rotatable bonds is 4. The minimum atomic E-state index is -4.12. The summed E-state index contributed by atoms with van der Waals surface area (Å²) < 4.78 is 32.5. The fourth-order valence-electron chi connectivity index (χ4n) is 4.18. The van der Waals surface area contributed by atoms with Gasteiger partial charge in [-0.25, -0.2) is 13.1 Å². The van der Waals surface area contributed by atoms with Crippen LogP contribution in [0, 0.1) is 6.92 Å². The first-order valence-corrected chi connectivity index (χ1v) is 12.3. The number of carbonyl (C=O) groups is 1. The van der Waals surface area contributed by atoms with Crippen molar-refractivity contribution < 1.29 is 13.2 Å². The van der Waals surface area contributed by atoms with E-state index in [1.165, 1.54) is 17.7 Å². The van der Waals surface area contributed by atoms with Crippen LogP contribution < -0.4 is 15.2 Å². The van der Waals surface area contributed by atoms with Gasteiger partial charge in [-0.05, 0) is 66.0 Å². The Kier molecular flexibility index (Phi) is 5.54. The van der Waals surface area contributed by atoms with Gasteiger partial charge in [0.15, 0.2) is 0 Å². The summed E-state index contributed by atoms with van der Waals surface area (Å²) in [6, 6.07) is 12.1. The summed E-state index contributed by atoms with van der Waals surface area (Å²) in [5.74, 6) is -0.153. The maximum absolute atomic E-state index is 13.3. The molecule has 1 N–H and O–H groups in total. The van der Waals surface area contributed by atoms with Crippen LogP contribution in [0.1, 0.15) is 25.1 Å². The highest BCUT2D eigenvalue weighted by Gasteiger charge is 2.32. The van der Waals surface area contributed by atoms with Crippen molar-refractivity contribution >= 4 is 43.2 Å². The number of hydrogen-bond donors (Lipinski definition) is 1. The lowest BCUT2D eigenvalue weighted by Gasteiger charge is -2.21. The molecule has 8 nitrogen and oxygen atoms in total. The molecule has 0 unspecified atom stereocenters. The van der Waals surface area contributed by atoms with E-state index in [1.54, 1.807) is 53.9 Å². The van der Waals surface area contributed by atoms with E-state index in [9.17, 15) is 18.0 Å². The Morgan fingerprint density at radius 1 is 1.19 bits per heavy atom. The van der Waals surface area contributed by atoms with Crippen molar-refractivity contribution in [2.75, 3.05) is 9.62 Å². The molecule has 10 heteroatoms. The van der Waals surface area contributed by atoms with Crippen molar-refractivity contribution in [2.24, 2.45) is 7.05 Å². The minimum absolute atomic E-state index is 0.0273. The standard InChI is InChI=1S/C22H23BrN4O4S/c1-13-10-16-11-18(23)20(12-19(16)26(13)15(3)28)32(30,31)24-21-14(2)25(4)27(22(21)29)17-8-6-5-7-9-17/h5-9,11-13,24H,10H2,1-4H3/t13-/m0/s1. The normalized spacial score (nSPS) is 15.7. The summed E-state index contributed by atoms with van der Waals surface area (Å²) in [7, 11) is -2.43. The summed E-state index contributed by atoms with van der Waals surface area (Å²) in [6.07, 6.45) is 0.640. The third kappa shape index (κ3) is 3.57. The number of anilines is 2. The smallest absolute Gasteiger partial charge is 0.296 e. The van der Waals surface area contributed by atoms with Crippen molar-refractivity contribution in [1.82, 2.24) is 9.36 Å². The van der Waals surface area contributed by atoms with Crippen LogP contribution in [0.15, 0.2) is 56.6 Å². The van der Waals surface area contributed by atoms with Crippen molar-refractivity contribution in [3.63, 3.8) is 0 Å². The lowest BCUT2D eigenvalue weighted by molar-refractivity contribution is -0.116. The van der Waals surface area contributed by atoms with E-state index >= 15 is 0 Å². The predicted octanol–water partition coefficient (Wildman–Crippen LogP) is 3.35. The van der Waals surface area contributed by atoms with Gasteiger partial charge in [0.2, 0.25) is 5.91 Å². The van der Waals surface area contributed by atoms with Gasteiger partial charge in [0.25, 0.3) is 15.6 Å². The van der Waals surface area contributed by atoms with E-state index in [2.05, 4.69) is 20.7 Å². The molecule has 1 atom stereocenters. The summed E-state index contributed by atoms with van der Waals surface area (Å²) in [5, 5.41) is 0. The molecule has 1 aliphatic rings. The van der Waals surface area contributed by atoms with Gasteiger partial charge in [0.05, 0.1) is 11.4 Å². The molecule has 0 aliphatic carbocycles.